The summed E-state index contributed by atoms with van der Waals surface area (Å²) < 4.78 is 1.90. The van der Waals surface area contributed by atoms with Crippen molar-refractivity contribution in [3.63, 3.8) is 0 Å². The van der Waals surface area contributed by atoms with Crippen LogP contribution in [0.4, 0.5) is 0 Å². The molecule has 6 heteroatoms. The van der Waals surface area contributed by atoms with Gasteiger partial charge in [-0.2, -0.15) is 0 Å². The van der Waals surface area contributed by atoms with Crippen LogP contribution in [0, 0.1) is 6.92 Å². The van der Waals surface area contributed by atoms with E-state index in [4.69, 9.17) is 17.3 Å². The Bertz CT molecular complexity index is 582. The molecule has 1 aromatic carbocycles. The van der Waals surface area contributed by atoms with E-state index in [0.29, 0.717) is 5.02 Å². The lowest BCUT2D eigenvalue weighted by Gasteiger charge is -2.10. The van der Waals surface area contributed by atoms with Gasteiger partial charge in [-0.25, -0.2) is 4.98 Å². The van der Waals surface area contributed by atoms with E-state index in [1.807, 2.05) is 35.9 Å². The van der Waals surface area contributed by atoms with Gasteiger partial charge in [-0.15, -0.1) is 0 Å². The molecule has 1 aromatic heterocycles. The molecule has 94 valence electrons. The first-order valence-electron chi connectivity index (χ1n) is 5.29. The van der Waals surface area contributed by atoms with Crippen LogP contribution in [0.25, 0.3) is 5.69 Å². The molecule has 2 N–H and O–H groups in total. The van der Waals surface area contributed by atoms with Crippen molar-refractivity contribution in [2.75, 3.05) is 5.75 Å². The molecule has 0 aliphatic carbocycles. The van der Waals surface area contributed by atoms with Crippen molar-refractivity contribution in [1.29, 1.82) is 0 Å². The van der Waals surface area contributed by atoms with E-state index >= 15 is 0 Å². The Balaban J connectivity index is 2.36. The molecule has 1 heterocycles. The number of hydrogen-bond donors (Lipinski definition) is 1. The zero-order valence-corrected chi connectivity index (χ0v) is 11.3. The van der Waals surface area contributed by atoms with Crippen LogP contribution >= 0.6 is 23.4 Å². The Hall–Kier alpha value is -1.46. The number of amides is 1. The summed E-state index contributed by atoms with van der Waals surface area (Å²) in [5, 5.41) is 1.42. The van der Waals surface area contributed by atoms with Crippen molar-refractivity contribution >= 4 is 29.3 Å². The van der Waals surface area contributed by atoms with Gasteiger partial charge >= 0.3 is 0 Å². The van der Waals surface area contributed by atoms with Crippen molar-refractivity contribution < 1.29 is 4.79 Å². The number of nitrogens with zero attached hydrogens (tertiary/aromatic N) is 2. The molecule has 18 heavy (non-hydrogen) atoms. The van der Waals surface area contributed by atoms with E-state index < -0.39 is 0 Å². The molecular formula is C12H12ClN3OS. The predicted molar refractivity (Wildman–Crippen MR) is 73.2 cm³/mol. The smallest absolute Gasteiger partial charge is 0.227 e. The minimum absolute atomic E-state index is 0.205. The first-order chi connectivity index (χ1) is 8.59. The molecule has 0 saturated carbocycles. The van der Waals surface area contributed by atoms with Gasteiger partial charge < -0.3 is 5.73 Å². The molecular weight excluding hydrogens is 270 g/mol. The topological polar surface area (TPSA) is 60.9 Å². The number of rotatable bonds is 4. The number of nitrogens with two attached hydrogens (primary N) is 1. The summed E-state index contributed by atoms with van der Waals surface area (Å²) in [5.41, 5.74) is 7.06. The summed E-state index contributed by atoms with van der Waals surface area (Å²) in [6, 6.07) is 5.68. The number of thioether (sulfide) groups is 1. The molecule has 0 saturated heterocycles. The molecule has 0 aliphatic heterocycles. The largest absolute Gasteiger partial charge is 0.369 e. The van der Waals surface area contributed by atoms with Crippen molar-refractivity contribution in [3.8, 4) is 5.69 Å². The molecule has 1 amide bonds. The molecule has 0 bridgehead atoms. The van der Waals surface area contributed by atoms with Crippen LogP contribution in [0.1, 0.15) is 5.56 Å². The highest BCUT2D eigenvalue weighted by Gasteiger charge is 2.10. The molecule has 0 atom stereocenters. The van der Waals surface area contributed by atoms with Gasteiger partial charge in [0.2, 0.25) is 5.91 Å². The lowest BCUT2D eigenvalue weighted by molar-refractivity contribution is -0.115. The summed E-state index contributed by atoms with van der Waals surface area (Å²) in [4.78, 5) is 15.0. The number of carbonyl (C=O) groups is 1. The third-order valence-electron chi connectivity index (χ3n) is 2.45. The average Bonchev–Trinajstić information content (AvgIpc) is 2.78. The highest BCUT2D eigenvalue weighted by atomic mass is 35.5. The second-order valence-corrected chi connectivity index (χ2v) is 5.07. The Morgan fingerprint density at radius 3 is 3.06 bits per heavy atom. The van der Waals surface area contributed by atoms with Crippen molar-refractivity contribution in [3.05, 3.63) is 41.2 Å². The summed E-state index contributed by atoms with van der Waals surface area (Å²) >= 11 is 7.40. The van der Waals surface area contributed by atoms with Crippen molar-refractivity contribution in [2.24, 2.45) is 5.73 Å². The number of carbonyl (C=O) groups excluding carboxylic acids is 1. The zero-order chi connectivity index (χ0) is 13.1. The maximum absolute atomic E-state index is 10.8. The van der Waals surface area contributed by atoms with Gasteiger partial charge in [0, 0.05) is 17.4 Å². The Morgan fingerprint density at radius 2 is 2.33 bits per heavy atom. The van der Waals surface area contributed by atoms with Crippen LogP contribution in [0.15, 0.2) is 35.7 Å². The van der Waals surface area contributed by atoms with Crippen LogP contribution in [0.2, 0.25) is 5.02 Å². The second kappa shape index (κ2) is 5.46. The number of halogens is 1. The normalized spacial score (nSPS) is 10.6. The predicted octanol–water partition coefficient (Wildman–Crippen LogP) is 2.41. The van der Waals surface area contributed by atoms with Crippen molar-refractivity contribution in [2.45, 2.75) is 12.1 Å². The fourth-order valence-corrected chi connectivity index (χ4v) is 2.45. The third-order valence-corrected chi connectivity index (χ3v) is 3.85. The lowest BCUT2D eigenvalue weighted by atomic mass is 10.2. The van der Waals surface area contributed by atoms with E-state index in [1.54, 1.807) is 6.20 Å². The van der Waals surface area contributed by atoms with Gasteiger partial charge in [0.1, 0.15) is 0 Å². The fourth-order valence-electron chi connectivity index (χ4n) is 1.57. The van der Waals surface area contributed by atoms with Crippen LogP contribution in [-0.4, -0.2) is 21.2 Å². The van der Waals surface area contributed by atoms with Crippen LogP contribution in [0.5, 0.6) is 0 Å². The maximum Gasteiger partial charge on any atom is 0.227 e. The van der Waals surface area contributed by atoms with Gasteiger partial charge in [0.15, 0.2) is 5.16 Å². The van der Waals surface area contributed by atoms with Gasteiger partial charge in [0.25, 0.3) is 0 Å². The number of imidazole rings is 1. The Labute approximate surface area is 114 Å². The zero-order valence-electron chi connectivity index (χ0n) is 9.76. The van der Waals surface area contributed by atoms with Gasteiger partial charge in [-0.3, -0.25) is 9.36 Å². The molecule has 2 rings (SSSR count). The van der Waals surface area contributed by atoms with Crippen LogP contribution in [-0.2, 0) is 4.79 Å². The Kier molecular flexibility index (Phi) is 3.93. The molecule has 0 aliphatic rings. The van der Waals surface area contributed by atoms with Crippen molar-refractivity contribution in [1.82, 2.24) is 9.55 Å². The fraction of sp³-hybridized carbons (Fsp3) is 0.167. The average molecular weight is 282 g/mol. The van der Waals surface area contributed by atoms with Gasteiger partial charge in [-0.1, -0.05) is 29.4 Å². The number of hydrogen-bond acceptors (Lipinski definition) is 3. The Morgan fingerprint density at radius 1 is 1.56 bits per heavy atom. The minimum atomic E-state index is -0.364. The summed E-state index contributed by atoms with van der Waals surface area (Å²) in [6.45, 7) is 1.94. The molecule has 4 nitrogen and oxygen atoms in total. The summed E-state index contributed by atoms with van der Waals surface area (Å²) in [6.07, 6.45) is 3.52. The highest BCUT2D eigenvalue weighted by Crippen LogP contribution is 2.26. The standard InChI is InChI=1S/C12H12ClN3OS/c1-8-9(13)3-2-4-10(8)16-6-5-15-12(16)18-7-11(14)17/h2-6H,7H2,1H3,(H2,14,17). The summed E-state index contributed by atoms with van der Waals surface area (Å²) in [7, 11) is 0. The monoisotopic (exact) mass is 281 g/mol. The number of aromatic nitrogens is 2. The van der Waals surface area contributed by atoms with E-state index in [0.717, 1.165) is 16.4 Å². The van der Waals surface area contributed by atoms with E-state index in [-0.39, 0.29) is 11.7 Å². The lowest BCUT2D eigenvalue weighted by Crippen LogP contribution is -2.13. The van der Waals surface area contributed by atoms with Gasteiger partial charge in [-0.05, 0) is 24.6 Å². The first kappa shape index (κ1) is 13.0. The number of primary amides is 1. The van der Waals surface area contributed by atoms with Gasteiger partial charge in [0.05, 0.1) is 11.4 Å². The minimum Gasteiger partial charge on any atom is -0.369 e. The number of benzene rings is 1. The first-order valence-corrected chi connectivity index (χ1v) is 6.66. The second-order valence-electron chi connectivity index (χ2n) is 3.72. The highest BCUT2D eigenvalue weighted by molar-refractivity contribution is 7.99. The SMILES string of the molecule is Cc1c(Cl)cccc1-n1ccnc1SCC(N)=O. The van der Waals surface area contributed by atoms with E-state index in [1.165, 1.54) is 11.8 Å². The molecule has 0 spiro atoms. The summed E-state index contributed by atoms with van der Waals surface area (Å²) in [5.74, 6) is -0.159. The van der Waals surface area contributed by atoms with E-state index in [2.05, 4.69) is 4.98 Å². The van der Waals surface area contributed by atoms with Crippen LogP contribution in [0.3, 0.4) is 0 Å². The van der Waals surface area contributed by atoms with Crippen LogP contribution < -0.4 is 5.73 Å². The molecule has 0 fully saturated rings. The molecule has 0 unspecified atom stereocenters. The van der Waals surface area contributed by atoms with E-state index in [9.17, 15) is 4.79 Å². The molecule has 0 radical (unpaired) electrons. The molecule has 2 aromatic rings. The quantitative estimate of drug-likeness (QED) is 0.876. The third kappa shape index (κ3) is 2.68. The maximum atomic E-state index is 10.8.